The van der Waals surface area contributed by atoms with Crippen LogP contribution in [0.15, 0.2) is 10.7 Å². The maximum Gasteiger partial charge on any atom is 0.197 e. The summed E-state index contributed by atoms with van der Waals surface area (Å²) in [7, 11) is 0. The molecular formula is C12H18N6O. The van der Waals surface area contributed by atoms with Gasteiger partial charge in [0.25, 0.3) is 0 Å². The Kier molecular flexibility index (Phi) is 2.87. The van der Waals surface area contributed by atoms with Gasteiger partial charge in [0.15, 0.2) is 17.5 Å². The molecule has 19 heavy (non-hydrogen) atoms. The summed E-state index contributed by atoms with van der Waals surface area (Å²) in [6, 6.07) is 0.0615. The number of hydrazine groups is 1. The predicted octanol–water partition coefficient (Wildman–Crippen LogP) is 1.31. The van der Waals surface area contributed by atoms with Crippen LogP contribution in [0.25, 0.3) is 11.5 Å². The molecule has 2 N–H and O–H groups in total. The molecule has 0 unspecified atom stereocenters. The molecule has 1 atom stereocenters. The van der Waals surface area contributed by atoms with Crippen LogP contribution in [0.5, 0.6) is 0 Å². The summed E-state index contributed by atoms with van der Waals surface area (Å²) in [5, 5.41) is 10.2. The van der Waals surface area contributed by atoms with E-state index in [1.165, 1.54) is 0 Å². The molecular weight excluding hydrogens is 244 g/mol. The highest BCUT2D eigenvalue weighted by molar-refractivity contribution is 5.48. The van der Waals surface area contributed by atoms with Crippen molar-refractivity contribution in [3.8, 4) is 11.5 Å². The average molecular weight is 262 g/mol. The maximum absolute atomic E-state index is 5.90. The molecule has 102 valence electrons. The molecule has 3 heterocycles. The van der Waals surface area contributed by atoms with Crippen molar-refractivity contribution >= 4 is 0 Å². The van der Waals surface area contributed by atoms with Gasteiger partial charge in [-0.2, -0.15) is 0 Å². The SMILES string of the molecule is CC(C)c1nc(-c2nnc3n2CCN(N)[C@H]3C)co1. The fourth-order valence-electron chi connectivity index (χ4n) is 2.25. The summed E-state index contributed by atoms with van der Waals surface area (Å²) in [6.07, 6.45) is 1.64. The van der Waals surface area contributed by atoms with Crippen molar-refractivity contribution in [3.63, 3.8) is 0 Å². The Morgan fingerprint density at radius 1 is 1.37 bits per heavy atom. The fourth-order valence-corrected chi connectivity index (χ4v) is 2.25. The van der Waals surface area contributed by atoms with E-state index in [1.807, 2.05) is 20.8 Å². The van der Waals surface area contributed by atoms with E-state index in [0.717, 1.165) is 36.3 Å². The molecule has 1 aliphatic rings. The van der Waals surface area contributed by atoms with Crippen LogP contribution in [-0.2, 0) is 6.54 Å². The Bertz CT molecular complexity index is 587. The maximum atomic E-state index is 5.90. The highest BCUT2D eigenvalue weighted by Crippen LogP contribution is 2.27. The van der Waals surface area contributed by atoms with E-state index in [4.69, 9.17) is 10.3 Å². The second-order valence-electron chi connectivity index (χ2n) is 5.17. The lowest BCUT2D eigenvalue weighted by atomic mass is 10.2. The molecule has 0 amide bonds. The van der Waals surface area contributed by atoms with Gasteiger partial charge in [-0.3, -0.25) is 5.84 Å². The standard InChI is InChI=1S/C12H18N6O/c1-7(2)12-14-9(6-19-12)11-16-15-10-8(3)18(13)5-4-17(10)11/h6-8H,4-5,13H2,1-3H3/t8-/m0/s1. The molecule has 1 aliphatic heterocycles. The summed E-state index contributed by atoms with van der Waals surface area (Å²) in [5.74, 6) is 8.51. The van der Waals surface area contributed by atoms with E-state index in [2.05, 4.69) is 19.7 Å². The number of nitrogens with zero attached hydrogens (tertiary/aromatic N) is 5. The zero-order valence-corrected chi connectivity index (χ0v) is 11.4. The fraction of sp³-hybridized carbons (Fsp3) is 0.583. The molecule has 0 aromatic carbocycles. The molecule has 0 bridgehead atoms. The topological polar surface area (TPSA) is 86.0 Å². The Morgan fingerprint density at radius 3 is 2.84 bits per heavy atom. The lowest BCUT2D eigenvalue weighted by molar-refractivity contribution is 0.168. The number of nitrogens with two attached hydrogens (primary N) is 1. The first kappa shape index (κ1) is 12.3. The number of oxazole rings is 1. The lowest BCUT2D eigenvalue weighted by Crippen LogP contribution is -2.41. The van der Waals surface area contributed by atoms with Crippen molar-refractivity contribution in [3.05, 3.63) is 18.0 Å². The molecule has 7 heteroatoms. The Balaban J connectivity index is 2.00. The van der Waals surface area contributed by atoms with Crippen LogP contribution in [0, 0.1) is 0 Å². The number of aromatic nitrogens is 4. The van der Waals surface area contributed by atoms with Gasteiger partial charge in [0, 0.05) is 19.0 Å². The molecule has 0 saturated heterocycles. The second kappa shape index (κ2) is 4.43. The normalized spacial score (nSPS) is 19.9. The average Bonchev–Trinajstić information content (AvgIpc) is 2.99. The van der Waals surface area contributed by atoms with Gasteiger partial charge in [-0.25, -0.2) is 9.99 Å². The molecule has 7 nitrogen and oxygen atoms in total. The zero-order valence-electron chi connectivity index (χ0n) is 11.4. The number of hydrogen-bond donors (Lipinski definition) is 1. The molecule has 0 radical (unpaired) electrons. The van der Waals surface area contributed by atoms with Crippen molar-refractivity contribution < 1.29 is 4.42 Å². The number of fused-ring (bicyclic) bond motifs is 1. The van der Waals surface area contributed by atoms with Gasteiger partial charge in [0.1, 0.15) is 12.0 Å². The summed E-state index contributed by atoms with van der Waals surface area (Å²) in [5.41, 5.74) is 0.736. The lowest BCUT2D eigenvalue weighted by Gasteiger charge is -2.29. The summed E-state index contributed by atoms with van der Waals surface area (Å²) in [6.45, 7) is 7.65. The van der Waals surface area contributed by atoms with E-state index in [-0.39, 0.29) is 12.0 Å². The van der Waals surface area contributed by atoms with Crippen LogP contribution in [-0.4, -0.2) is 31.3 Å². The molecule has 0 aliphatic carbocycles. The van der Waals surface area contributed by atoms with Crippen molar-refractivity contribution in [2.45, 2.75) is 39.3 Å². The monoisotopic (exact) mass is 262 g/mol. The third kappa shape index (κ3) is 1.95. The van der Waals surface area contributed by atoms with Crippen LogP contribution in [0.2, 0.25) is 0 Å². The molecule has 0 saturated carbocycles. The second-order valence-corrected chi connectivity index (χ2v) is 5.17. The first-order valence-electron chi connectivity index (χ1n) is 6.48. The van der Waals surface area contributed by atoms with Crippen LogP contribution in [0.1, 0.15) is 44.4 Å². The van der Waals surface area contributed by atoms with Crippen molar-refractivity contribution in [1.82, 2.24) is 24.8 Å². The van der Waals surface area contributed by atoms with Gasteiger partial charge in [-0.05, 0) is 6.92 Å². The zero-order chi connectivity index (χ0) is 13.6. The number of hydrogen-bond acceptors (Lipinski definition) is 6. The predicted molar refractivity (Wildman–Crippen MR) is 68.9 cm³/mol. The van der Waals surface area contributed by atoms with Gasteiger partial charge in [-0.15, -0.1) is 10.2 Å². The van der Waals surface area contributed by atoms with Gasteiger partial charge in [-0.1, -0.05) is 13.8 Å². The first-order valence-corrected chi connectivity index (χ1v) is 6.48. The van der Waals surface area contributed by atoms with Gasteiger partial charge < -0.3 is 8.98 Å². The smallest absolute Gasteiger partial charge is 0.197 e. The molecule has 0 fully saturated rings. The third-order valence-electron chi connectivity index (χ3n) is 3.48. The number of rotatable bonds is 2. The highest BCUT2D eigenvalue weighted by atomic mass is 16.3. The van der Waals surface area contributed by atoms with E-state index in [1.54, 1.807) is 11.3 Å². The van der Waals surface area contributed by atoms with Gasteiger partial charge in [0.05, 0.1) is 6.04 Å². The van der Waals surface area contributed by atoms with Crippen LogP contribution in [0.4, 0.5) is 0 Å². The Labute approximate surface area is 111 Å². The van der Waals surface area contributed by atoms with E-state index in [0.29, 0.717) is 0 Å². The van der Waals surface area contributed by atoms with Crippen LogP contribution in [0.3, 0.4) is 0 Å². The molecule has 2 aromatic heterocycles. The summed E-state index contributed by atoms with van der Waals surface area (Å²) >= 11 is 0. The van der Waals surface area contributed by atoms with Crippen LogP contribution < -0.4 is 5.84 Å². The molecule has 2 aromatic rings. The van der Waals surface area contributed by atoms with Crippen molar-refractivity contribution in [2.24, 2.45) is 5.84 Å². The van der Waals surface area contributed by atoms with E-state index < -0.39 is 0 Å². The molecule has 0 spiro atoms. The van der Waals surface area contributed by atoms with Crippen molar-refractivity contribution in [2.75, 3.05) is 6.54 Å². The van der Waals surface area contributed by atoms with Crippen molar-refractivity contribution in [1.29, 1.82) is 0 Å². The van der Waals surface area contributed by atoms with Gasteiger partial charge >= 0.3 is 0 Å². The minimum absolute atomic E-state index is 0.0615. The Morgan fingerprint density at radius 2 is 2.16 bits per heavy atom. The van der Waals surface area contributed by atoms with Crippen LogP contribution >= 0.6 is 0 Å². The summed E-state index contributed by atoms with van der Waals surface area (Å²) in [4.78, 5) is 4.47. The molecule has 3 rings (SSSR count). The van der Waals surface area contributed by atoms with E-state index in [9.17, 15) is 0 Å². The third-order valence-corrected chi connectivity index (χ3v) is 3.48. The minimum atomic E-state index is 0.0615. The highest BCUT2D eigenvalue weighted by Gasteiger charge is 2.27. The minimum Gasteiger partial charge on any atom is -0.448 e. The van der Waals surface area contributed by atoms with Gasteiger partial charge in [0.2, 0.25) is 0 Å². The summed E-state index contributed by atoms with van der Waals surface area (Å²) < 4.78 is 7.53. The quantitative estimate of drug-likeness (QED) is 0.821. The largest absolute Gasteiger partial charge is 0.448 e. The first-order chi connectivity index (χ1) is 9.08. The Hall–Kier alpha value is -1.73. The van der Waals surface area contributed by atoms with E-state index >= 15 is 0 Å².